The van der Waals surface area contributed by atoms with Crippen LogP contribution in [0.2, 0.25) is 0 Å². The van der Waals surface area contributed by atoms with Crippen molar-refractivity contribution >= 4 is 28.6 Å². The summed E-state index contributed by atoms with van der Waals surface area (Å²) in [4.78, 5) is 17.3. The molecule has 5 heteroatoms. The zero-order valence-corrected chi connectivity index (χ0v) is 14.8. The van der Waals surface area contributed by atoms with Crippen molar-refractivity contribution < 1.29 is 9.53 Å². The van der Waals surface area contributed by atoms with Crippen LogP contribution in [-0.2, 0) is 7.05 Å². The molecule has 0 aliphatic heterocycles. The molecule has 3 rings (SSSR count). The molecule has 1 atom stereocenters. The first-order valence-electron chi connectivity index (χ1n) is 7.95. The van der Waals surface area contributed by atoms with Crippen molar-refractivity contribution in [2.45, 2.75) is 24.3 Å². The van der Waals surface area contributed by atoms with Crippen LogP contribution < -0.4 is 4.74 Å². The molecule has 0 fully saturated rings. The fourth-order valence-electron chi connectivity index (χ4n) is 2.56. The third kappa shape index (κ3) is 3.31. The lowest BCUT2D eigenvalue weighted by atomic mass is 10.1. The van der Waals surface area contributed by atoms with Crippen LogP contribution in [0.3, 0.4) is 0 Å². The Kier molecular flexibility index (Phi) is 4.90. The number of carbonyl (C=O) groups is 1. The minimum Gasteiger partial charge on any atom is -0.494 e. The molecular weight excluding hydrogens is 320 g/mol. The number of ether oxygens (including phenoxy) is 1. The summed E-state index contributed by atoms with van der Waals surface area (Å²) in [6.45, 7) is 4.48. The smallest absolute Gasteiger partial charge is 0.175 e. The van der Waals surface area contributed by atoms with Crippen LogP contribution in [-0.4, -0.2) is 27.2 Å². The van der Waals surface area contributed by atoms with Crippen LogP contribution in [0.15, 0.2) is 53.7 Å². The highest BCUT2D eigenvalue weighted by atomic mass is 32.2. The van der Waals surface area contributed by atoms with Gasteiger partial charge in [-0.3, -0.25) is 4.79 Å². The molecule has 1 unspecified atom stereocenters. The van der Waals surface area contributed by atoms with Gasteiger partial charge in [0.05, 0.1) is 22.9 Å². The van der Waals surface area contributed by atoms with Crippen LogP contribution >= 0.6 is 11.8 Å². The Bertz CT molecular complexity index is 855. The Labute approximate surface area is 145 Å². The first kappa shape index (κ1) is 16.6. The summed E-state index contributed by atoms with van der Waals surface area (Å²) < 4.78 is 7.45. The van der Waals surface area contributed by atoms with Crippen LogP contribution in [0.1, 0.15) is 24.2 Å². The number of para-hydroxylation sites is 2. The van der Waals surface area contributed by atoms with E-state index in [9.17, 15) is 4.79 Å². The summed E-state index contributed by atoms with van der Waals surface area (Å²) in [7, 11) is 1.98. The average Bonchev–Trinajstić information content (AvgIpc) is 2.91. The summed E-state index contributed by atoms with van der Waals surface area (Å²) in [6, 6.07) is 15.3. The minimum atomic E-state index is -0.210. The Balaban J connectivity index is 1.76. The van der Waals surface area contributed by atoms with Crippen LogP contribution in [0, 0.1) is 0 Å². The third-order valence-electron chi connectivity index (χ3n) is 3.85. The molecule has 0 aliphatic carbocycles. The molecule has 1 aromatic heterocycles. The van der Waals surface area contributed by atoms with Gasteiger partial charge < -0.3 is 9.30 Å². The molecule has 0 aliphatic rings. The maximum Gasteiger partial charge on any atom is 0.175 e. The van der Waals surface area contributed by atoms with Crippen molar-refractivity contribution in [3.05, 3.63) is 54.1 Å². The highest BCUT2D eigenvalue weighted by Crippen LogP contribution is 2.28. The number of carbonyl (C=O) groups excluding carboxylic acids is 1. The van der Waals surface area contributed by atoms with Crippen LogP contribution in [0.4, 0.5) is 0 Å². The number of fused-ring (bicyclic) bond motifs is 1. The Morgan fingerprint density at radius 2 is 1.92 bits per heavy atom. The summed E-state index contributed by atoms with van der Waals surface area (Å²) >= 11 is 1.48. The summed E-state index contributed by atoms with van der Waals surface area (Å²) in [6.07, 6.45) is 0. The van der Waals surface area contributed by atoms with Crippen molar-refractivity contribution in [1.29, 1.82) is 0 Å². The molecule has 0 saturated carbocycles. The van der Waals surface area contributed by atoms with Gasteiger partial charge in [0.1, 0.15) is 5.75 Å². The molecule has 0 N–H and O–H groups in total. The van der Waals surface area contributed by atoms with Crippen LogP contribution in [0.25, 0.3) is 11.0 Å². The summed E-state index contributed by atoms with van der Waals surface area (Å²) in [5.74, 6) is 0.875. The number of rotatable bonds is 6. The van der Waals surface area contributed by atoms with Gasteiger partial charge in [-0.05, 0) is 50.2 Å². The second-order valence-electron chi connectivity index (χ2n) is 5.52. The van der Waals surface area contributed by atoms with E-state index in [4.69, 9.17) is 4.74 Å². The van der Waals surface area contributed by atoms with Gasteiger partial charge >= 0.3 is 0 Å². The lowest BCUT2D eigenvalue weighted by Crippen LogP contribution is -2.14. The van der Waals surface area contributed by atoms with E-state index >= 15 is 0 Å². The Hall–Kier alpha value is -2.27. The van der Waals surface area contributed by atoms with E-state index in [1.807, 2.05) is 74.0 Å². The number of aryl methyl sites for hydroxylation is 1. The molecule has 0 bridgehead atoms. The number of Topliss-reactive ketones (excluding diaryl/α,β-unsaturated/α-hetero) is 1. The molecule has 1 heterocycles. The number of imidazole rings is 1. The van der Waals surface area contributed by atoms with Gasteiger partial charge in [-0.2, -0.15) is 0 Å². The number of aromatic nitrogens is 2. The van der Waals surface area contributed by atoms with Gasteiger partial charge in [0.2, 0.25) is 0 Å². The number of hydrogen-bond donors (Lipinski definition) is 0. The van der Waals surface area contributed by atoms with Gasteiger partial charge in [-0.15, -0.1) is 0 Å². The molecule has 0 saturated heterocycles. The van der Waals surface area contributed by atoms with Gasteiger partial charge in [0.25, 0.3) is 0 Å². The number of nitrogens with zero attached hydrogens (tertiary/aromatic N) is 2. The molecule has 4 nitrogen and oxygen atoms in total. The summed E-state index contributed by atoms with van der Waals surface area (Å²) in [5, 5.41) is 0.640. The number of thioether (sulfide) groups is 1. The maximum atomic E-state index is 12.6. The van der Waals surface area contributed by atoms with Crippen molar-refractivity contribution in [2.75, 3.05) is 6.61 Å². The van der Waals surface area contributed by atoms with E-state index < -0.39 is 0 Å². The molecule has 0 spiro atoms. The number of hydrogen-bond acceptors (Lipinski definition) is 4. The Morgan fingerprint density at radius 3 is 2.58 bits per heavy atom. The van der Waals surface area contributed by atoms with Crippen molar-refractivity contribution in [3.63, 3.8) is 0 Å². The molecule has 2 aromatic carbocycles. The van der Waals surface area contributed by atoms with Gasteiger partial charge in [0.15, 0.2) is 10.9 Å². The van der Waals surface area contributed by atoms with Gasteiger partial charge in [-0.1, -0.05) is 23.9 Å². The van der Waals surface area contributed by atoms with E-state index in [1.165, 1.54) is 11.8 Å². The van der Waals surface area contributed by atoms with Crippen molar-refractivity contribution in [1.82, 2.24) is 9.55 Å². The zero-order valence-electron chi connectivity index (χ0n) is 14.0. The standard InChI is InChI=1S/C19H20N2O2S/c1-4-23-15-11-9-14(10-12-15)18(22)13(2)24-19-20-16-7-5-6-8-17(16)21(19)3/h5-13H,4H2,1-3H3. The third-order valence-corrected chi connectivity index (χ3v) is 4.99. The second kappa shape index (κ2) is 7.09. The van der Waals surface area contributed by atoms with E-state index in [0.29, 0.717) is 12.2 Å². The van der Waals surface area contributed by atoms with E-state index in [0.717, 1.165) is 21.9 Å². The van der Waals surface area contributed by atoms with Crippen molar-refractivity contribution in [3.8, 4) is 5.75 Å². The SMILES string of the molecule is CCOc1ccc(C(=O)C(C)Sc2nc3ccccc3n2C)cc1. The predicted octanol–water partition coefficient (Wildman–Crippen LogP) is 4.34. The molecule has 124 valence electrons. The molecule has 3 aromatic rings. The topological polar surface area (TPSA) is 44.1 Å². The minimum absolute atomic E-state index is 0.0927. The zero-order chi connectivity index (χ0) is 17.1. The van der Waals surface area contributed by atoms with Gasteiger partial charge in [0, 0.05) is 12.6 Å². The molecule has 0 amide bonds. The lowest BCUT2D eigenvalue weighted by Gasteiger charge is -2.11. The monoisotopic (exact) mass is 340 g/mol. The maximum absolute atomic E-state index is 12.6. The Morgan fingerprint density at radius 1 is 1.21 bits per heavy atom. The van der Waals surface area contributed by atoms with Crippen LogP contribution in [0.5, 0.6) is 5.75 Å². The number of ketones is 1. The highest BCUT2D eigenvalue weighted by molar-refractivity contribution is 8.00. The quantitative estimate of drug-likeness (QED) is 0.495. The van der Waals surface area contributed by atoms with E-state index in [2.05, 4.69) is 4.98 Å². The predicted molar refractivity (Wildman–Crippen MR) is 98.0 cm³/mol. The summed E-state index contributed by atoms with van der Waals surface area (Å²) in [5.41, 5.74) is 2.71. The number of benzene rings is 2. The lowest BCUT2D eigenvalue weighted by molar-refractivity contribution is 0.0994. The average molecular weight is 340 g/mol. The largest absolute Gasteiger partial charge is 0.494 e. The molecule has 0 radical (unpaired) electrons. The van der Waals surface area contributed by atoms with Gasteiger partial charge in [-0.25, -0.2) is 4.98 Å². The first-order valence-corrected chi connectivity index (χ1v) is 8.83. The fourth-order valence-corrected chi connectivity index (χ4v) is 3.52. The highest BCUT2D eigenvalue weighted by Gasteiger charge is 2.19. The first-order chi connectivity index (χ1) is 11.6. The van der Waals surface area contributed by atoms with E-state index in [-0.39, 0.29) is 11.0 Å². The molecular formula is C19H20N2O2S. The van der Waals surface area contributed by atoms with E-state index in [1.54, 1.807) is 0 Å². The fraction of sp³-hybridized carbons (Fsp3) is 0.263. The molecule has 24 heavy (non-hydrogen) atoms. The second-order valence-corrected chi connectivity index (χ2v) is 6.83. The van der Waals surface area contributed by atoms with Crippen molar-refractivity contribution in [2.24, 2.45) is 7.05 Å². The normalized spacial score (nSPS) is 12.3.